The summed E-state index contributed by atoms with van der Waals surface area (Å²) in [5.41, 5.74) is 3.38. The standard InChI is InChI=1S/C24H32N4O3.HI/c1-17-3-6-20(22(11-17)31-21-8-10-29-16-21)14-28-24(25-2)27-13-19-7-9-26-23(12-19)30-15-18-4-5-18;/h3,6-7,9,11-12,18,21H,4-5,8,10,13-16H2,1-2H3,(H2,25,27,28);1H. The molecular formula is C24H33IN4O3. The molecule has 2 aliphatic rings. The molecule has 0 radical (unpaired) electrons. The molecule has 2 fully saturated rings. The Kier molecular flexibility index (Phi) is 9.40. The fraction of sp³-hybridized carbons (Fsp3) is 0.500. The summed E-state index contributed by atoms with van der Waals surface area (Å²) in [5, 5.41) is 6.74. The number of nitrogens with one attached hydrogen (secondary N) is 2. The number of aromatic nitrogens is 1. The van der Waals surface area contributed by atoms with Crippen molar-refractivity contribution in [1.29, 1.82) is 0 Å². The number of aliphatic imine (C=N–C) groups is 1. The molecule has 1 unspecified atom stereocenters. The average Bonchev–Trinajstić information content (AvgIpc) is 3.48. The van der Waals surface area contributed by atoms with Crippen molar-refractivity contribution in [2.75, 3.05) is 26.9 Å². The Hall–Kier alpha value is -2.07. The zero-order valence-electron chi connectivity index (χ0n) is 18.8. The predicted octanol–water partition coefficient (Wildman–Crippen LogP) is 3.83. The minimum absolute atomic E-state index is 0. The van der Waals surface area contributed by atoms with E-state index in [0.29, 0.717) is 31.5 Å². The van der Waals surface area contributed by atoms with E-state index in [1.165, 1.54) is 18.4 Å². The summed E-state index contributed by atoms with van der Waals surface area (Å²) < 4.78 is 17.4. The van der Waals surface area contributed by atoms with Gasteiger partial charge in [0.05, 0.1) is 19.8 Å². The molecule has 0 amide bonds. The molecule has 4 rings (SSSR count). The highest BCUT2D eigenvalue weighted by Gasteiger charge is 2.22. The largest absolute Gasteiger partial charge is 0.488 e. The van der Waals surface area contributed by atoms with Crippen LogP contribution in [-0.2, 0) is 17.8 Å². The van der Waals surface area contributed by atoms with Gasteiger partial charge in [0.25, 0.3) is 0 Å². The SMILES string of the molecule is CN=C(NCc1ccnc(OCC2CC2)c1)NCc1ccc(C)cc1OC1CCOC1.I. The molecule has 2 N–H and O–H groups in total. The van der Waals surface area contributed by atoms with Crippen molar-refractivity contribution in [3.05, 3.63) is 53.2 Å². The van der Waals surface area contributed by atoms with Crippen molar-refractivity contribution in [3.63, 3.8) is 0 Å². The summed E-state index contributed by atoms with van der Waals surface area (Å²) in [4.78, 5) is 8.65. The van der Waals surface area contributed by atoms with Gasteiger partial charge in [-0.2, -0.15) is 0 Å². The summed E-state index contributed by atoms with van der Waals surface area (Å²) in [6, 6.07) is 10.3. The molecule has 8 heteroatoms. The fourth-order valence-corrected chi connectivity index (χ4v) is 3.42. The zero-order valence-corrected chi connectivity index (χ0v) is 21.1. The van der Waals surface area contributed by atoms with Crippen molar-refractivity contribution in [2.24, 2.45) is 10.9 Å². The lowest BCUT2D eigenvalue weighted by Crippen LogP contribution is -2.36. The van der Waals surface area contributed by atoms with Crippen LogP contribution in [0.3, 0.4) is 0 Å². The van der Waals surface area contributed by atoms with Crippen LogP contribution in [0.25, 0.3) is 0 Å². The van der Waals surface area contributed by atoms with Crippen molar-refractivity contribution in [1.82, 2.24) is 15.6 Å². The number of halogens is 1. The maximum Gasteiger partial charge on any atom is 0.213 e. The maximum absolute atomic E-state index is 6.19. The van der Waals surface area contributed by atoms with Gasteiger partial charge in [0.15, 0.2) is 5.96 Å². The van der Waals surface area contributed by atoms with Gasteiger partial charge < -0.3 is 24.8 Å². The molecule has 32 heavy (non-hydrogen) atoms. The van der Waals surface area contributed by atoms with Gasteiger partial charge in [0.1, 0.15) is 11.9 Å². The van der Waals surface area contributed by atoms with Crippen molar-refractivity contribution >= 4 is 29.9 Å². The van der Waals surface area contributed by atoms with Gasteiger partial charge in [-0.3, -0.25) is 4.99 Å². The second kappa shape index (κ2) is 12.2. The molecule has 174 valence electrons. The number of hydrogen-bond acceptors (Lipinski definition) is 5. The third kappa shape index (κ3) is 7.51. The molecule has 1 aromatic carbocycles. The van der Waals surface area contributed by atoms with Crippen molar-refractivity contribution < 1.29 is 14.2 Å². The number of nitrogens with zero attached hydrogens (tertiary/aromatic N) is 2. The first-order chi connectivity index (χ1) is 15.2. The number of guanidine groups is 1. The Labute approximate surface area is 207 Å². The Balaban J connectivity index is 0.00000289. The van der Waals surface area contributed by atoms with Gasteiger partial charge in [-0.15, -0.1) is 24.0 Å². The van der Waals surface area contributed by atoms with Crippen LogP contribution >= 0.6 is 24.0 Å². The van der Waals surface area contributed by atoms with E-state index >= 15 is 0 Å². The van der Waals surface area contributed by atoms with E-state index in [0.717, 1.165) is 42.5 Å². The van der Waals surface area contributed by atoms with Gasteiger partial charge in [-0.25, -0.2) is 4.98 Å². The lowest BCUT2D eigenvalue weighted by molar-refractivity contribution is 0.140. The minimum Gasteiger partial charge on any atom is -0.488 e. The van der Waals surface area contributed by atoms with Crippen molar-refractivity contribution in [2.45, 2.75) is 45.4 Å². The van der Waals surface area contributed by atoms with Gasteiger partial charge in [0, 0.05) is 44.4 Å². The van der Waals surface area contributed by atoms with Gasteiger partial charge in [-0.1, -0.05) is 12.1 Å². The van der Waals surface area contributed by atoms with Gasteiger partial charge in [0.2, 0.25) is 5.88 Å². The average molecular weight is 552 g/mol. The Morgan fingerprint density at radius 3 is 2.75 bits per heavy atom. The highest BCUT2D eigenvalue weighted by Crippen LogP contribution is 2.29. The molecule has 1 aromatic heterocycles. The summed E-state index contributed by atoms with van der Waals surface area (Å²) in [6.07, 6.45) is 5.39. The van der Waals surface area contributed by atoms with Crippen LogP contribution in [0.2, 0.25) is 0 Å². The molecular weight excluding hydrogens is 519 g/mol. The molecule has 2 aromatic rings. The number of ether oxygens (including phenoxy) is 3. The molecule has 0 bridgehead atoms. The topological polar surface area (TPSA) is 77.0 Å². The lowest BCUT2D eigenvalue weighted by Gasteiger charge is -2.18. The first-order valence-corrected chi connectivity index (χ1v) is 11.1. The summed E-state index contributed by atoms with van der Waals surface area (Å²) >= 11 is 0. The Morgan fingerprint density at radius 1 is 1.16 bits per heavy atom. The number of hydrogen-bond donors (Lipinski definition) is 2. The molecule has 2 heterocycles. The zero-order chi connectivity index (χ0) is 21.5. The minimum atomic E-state index is 0. The first kappa shape index (κ1) is 24.6. The van der Waals surface area contributed by atoms with E-state index in [4.69, 9.17) is 14.2 Å². The number of pyridine rings is 1. The molecule has 7 nitrogen and oxygen atoms in total. The number of benzene rings is 1. The van der Waals surface area contributed by atoms with E-state index in [9.17, 15) is 0 Å². The number of rotatable bonds is 9. The quantitative estimate of drug-likeness (QED) is 0.280. The fourth-order valence-electron chi connectivity index (χ4n) is 3.42. The summed E-state index contributed by atoms with van der Waals surface area (Å²) in [5.74, 6) is 3.04. The molecule has 1 saturated heterocycles. The van der Waals surface area contributed by atoms with Crippen LogP contribution in [0.15, 0.2) is 41.5 Å². The van der Waals surface area contributed by atoms with Crippen LogP contribution in [-0.4, -0.2) is 43.9 Å². The van der Waals surface area contributed by atoms with E-state index in [-0.39, 0.29) is 30.1 Å². The highest BCUT2D eigenvalue weighted by molar-refractivity contribution is 14.0. The third-order valence-corrected chi connectivity index (χ3v) is 5.50. The normalized spacial score (nSPS) is 18.1. The van der Waals surface area contributed by atoms with E-state index in [1.54, 1.807) is 13.2 Å². The highest BCUT2D eigenvalue weighted by atomic mass is 127. The van der Waals surface area contributed by atoms with E-state index in [1.807, 2.05) is 12.1 Å². The Morgan fingerprint density at radius 2 is 2.00 bits per heavy atom. The molecule has 1 atom stereocenters. The van der Waals surface area contributed by atoms with Crippen LogP contribution in [0.1, 0.15) is 36.0 Å². The summed E-state index contributed by atoms with van der Waals surface area (Å²) in [6.45, 7) is 5.52. The van der Waals surface area contributed by atoms with Gasteiger partial charge >= 0.3 is 0 Å². The van der Waals surface area contributed by atoms with E-state index in [2.05, 4.69) is 45.7 Å². The second-order valence-corrected chi connectivity index (χ2v) is 8.25. The van der Waals surface area contributed by atoms with Gasteiger partial charge in [-0.05, 0) is 48.9 Å². The maximum atomic E-state index is 6.19. The van der Waals surface area contributed by atoms with E-state index < -0.39 is 0 Å². The van der Waals surface area contributed by atoms with Crippen LogP contribution in [0.5, 0.6) is 11.6 Å². The molecule has 1 aliphatic carbocycles. The predicted molar refractivity (Wildman–Crippen MR) is 136 cm³/mol. The Bertz CT molecular complexity index is 899. The monoisotopic (exact) mass is 552 g/mol. The molecule has 1 aliphatic heterocycles. The molecule has 1 saturated carbocycles. The van der Waals surface area contributed by atoms with Crippen LogP contribution in [0, 0.1) is 12.8 Å². The lowest BCUT2D eigenvalue weighted by atomic mass is 10.1. The first-order valence-electron chi connectivity index (χ1n) is 11.1. The van der Waals surface area contributed by atoms with Crippen LogP contribution in [0.4, 0.5) is 0 Å². The third-order valence-electron chi connectivity index (χ3n) is 5.50. The van der Waals surface area contributed by atoms with Crippen LogP contribution < -0.4 is 20.1 Å². The smallest absolute Gasteiger partial charge is 0.213 e. The number of aryl methyl sites for hydroxylation is 1. The summed E-state index contributed by atoms with van der Waals surface area (Å²) in [7, 11) is 1.77. The van der Waals surface area contributed by atoms with Crippen molar-refractivity contribution in [3.8, 4) is 11.6 Å². The second-order valence-electron chi connectivity index (χ2n) is 8.25. The molecule has 0 spiro atoms.